The summed E-state index contributed by atoms with van der Waals surface area (Å²) in [5, 5.41) is 0. The van der Waals surface area contributed by atoms with E-state index >= 15 is 0 Å². The molecule has 0 saturated carbocycles. The van der Waals surface area contributed by atoms with Gasteiger partial charge in [0.05, 0.1) is 12.8 Å². The highest BCUT2D eigenvalue weighted by Gasteiger charge is 2.22. The number of anilines is 2. The molecule has 1 aromatic heterocycles. The van der Waals surface area contributed by atoms with Crippen molar-refractivity contribution in [3.8, 4) is 5.75 Å². The van der Waals surface area contributed by atoms with Gasteiger partial charge in [0.25, 0.3) is 5.91 Å². The number of ether oxygens (including phenoxy) is 1. The summed E-state index contributed by atoms with van der Waals surface area (Å²) >= 11 is 0. The van der Waals surface area contributed by atoms with Crippen molar-refractivity contribution in [1.29, 1.82) is 0 Å². The summed E-state index contributed by atoms with van der Waals surface area (Å²) in [5.41, 5.74) is 1.56. The van der Waals surface area contributed by atoms with Gasteiger partial charge in [0.15, 0.2) is 0 Å². The normalized spacial score (nSPS) is 14.1. The van der Waals surface area contributed by atoms with Crippen molar-refractivity contribution in [2.45, 2.75) is 19.8 Å². The molecule has 1 aliphatic heterocycles. The van der Waals surface area contributed by atoms with Gasteiger partial charge in [-0.05, 0) is 24.6 Å². The Morgan fingerprint density at radius 1 is 1.14 bits per heavy atom. The number of carbonyl (C=O) groups is 1. The second kappa shape index (κ2) is 9.39. The fraction of sp³-hybridized carbons (Fsp3) is 0.476. The Bertz CT molecular complexity index is 790. The van der Waals surface area contributed by atoms with Crippen LogP contribution in [0.2, 0.25) is 0 Å². The average Bonchev–Trinajstić information content (AvgIpc) is 2.77. The minimum atomic E-state index is -0.0512. The number of nitrogens with zero attached hydrogens (tertiary/aromatic N) is 5. The van der Waals surface area contributed by atoms with Crippen molar-refractivity contribution < 1.29 is 9.53 Å². The molecule has 1 amide bonds. The molecule has 0 atom stereocenters. The molecule has 28 heavy (non-hydrogen) atoms. The van der Waals surface area contributed by atoms with E-state index in [0.717, 1.165) is 57.0 Å². The molecule has 2 aromatic rings. The third-order valence-corrected chi connectivity index (χ3v) is 5.04. The number of methoxy groups -OCH3 is 1. The SMILES string of the molecule is CCCCN(C)C(=O)c1ccnc(N2CCN(c3ccccc3OC)CC2)n1. The third-order valence-electron chi connectivity index (χ3n) is 5.04. The van der Waals surface area contributed by atoms with Gasteiger partial charge in [-0.15, -0.1) is 0 Å². The van der Waals surface area contributed by atoms with Crippen LogP contribution >= 0.6 is 0 Å². The molecule has 1 aliphatic rings. The van der Waals surface area contributed by atoms with Gasteiger partial charge in [-0.1, -0.05) is 25.5 Å². The van der Waals surface area contributed by atoms with Crippen molar-refractivity contribution in [2.24, 2.45) is 0 Å². The van der Waals surface area contributed by atoms with E-state index in [-0.39, 0.29) is 5.91 Å². The Morgan fingerprint density at radius 2 is 1.86 bits per heavy atom. The Kier molecular flexibility index (Phi) is 6.68. The maximum Gasteiger partial charge on any atom is 0.272 e. The second-order valence-electron chi connectivity index (χ2n) is 6.97. The lowest BCUT2D eigenvalue weighted by Gasteiger charge is -2.36. The third kappa shape index (κ3) is 4.52. The van der Waals surface area contributed by atoms with Crippen molar-refractivity contribution in [2.75, 3.05) is 56.7 Å². The Labute approximate surface area is 166 Å². The fourth-order valence-corrected chi connectivity index (χ4v) is 3.35. The number of aromatic nitrogens is 2. The van der Waals surface area contributed by atoms with E-state index < -0.39 is 0 Å². The molecule has 1 saturated heterocycles. The van der Waals surface area contributed by atoms with Crippen LogP contribution in [0.15, 0.2) is 36.5 Å². The van der Waals surface area contributed by atoms with E-state index in [1.807, 2.05) is 25.2 Å². The lowest BCUT2D eigenvalue weighted by Crippen LogP contribution is -2.47. The van der Waals surface area contributed by atoms with E-state index in [9.17, 15) is 4.79 Å². The Hall–Kier alpha value is -2.83. The van der Waals surface area contributed by atoms with Crippen LogP contribution in [0, 0.1) is 0 Å². The molecule has 0 radical (unpaired) electrons. The van der Waals surface area contributed by atoms with Gasteiger partial charge in [-0.2, -0.15) is 0 Å². The zero-order chi connectivity index (χ0) is 19.9. The lowest BCUT2D eigenvalue weighted by molar-refractivity contribution is 0.0787. The zero-order valence-corrected chi connectivity index (χ0v) is 17.0. The standard InChI is InChI=1S/C21H29N5O2/c1-4-5-12-24(2)20(27)17-10-11-22-21(23-17)26-15-13-25(14-16-26)18-8-6-7-9-19(18)28-3/h6-11H,4-5,12-16H2,1-3H3. The first-order chi connectivity index (χ1) is 13.6. The Balaban J connectivity index is 1.65. The van der Waals surface area contributed by atoms with Gasteiger partial charge >= 0.3 is 0 Å². The fourth-order valence-electron chi connectivity index (χ4n) is 3.35. The van der Waals surface area contributed by atoms with Crippen LogP contribution in [0.5, 0.6) is 5.75 Å². The minimum Gasteiger partial charge on any atom is -0.495 e. The molecular formula is C21H29N5O2. The lowest BCUT2D eigenvalue weighted by atomic mass is 10.2. The van der Waals surface area contributed by atoms with Crippen molar-refractivity contribution in [1.82, 2.24) is 14.9 Å². The molecule has 7 heteroatoms. The van der Waals surface area contributed by atoms with Crippen molar-refractivity contribution in [3.05, 3.63) is 42.2 Å². The van der Waals surface area contributed by atoms with Crippen LogP contribution in [-0.4, -0.2) is 67.7 Å². The summed E-state index contributed by atoms with van der Waals surface area (Å²) < 4.78 is 5.48. The molecular weight excluding hydrogens is 354 g/mol. The van der Waals surface area contributed by atoms with Gasteiger partial charge in [-0.3, -0.25) is 4.79 Å². The topological polar surface area (TPSA) is 61.8 Å². The van der Waals surface area contributed by atoms with Crippen LogP contribution in [0.1, 0.15) is 30.3 Å². The van der Waals surface area contributed by atoms with Gasteiger partial charge in [0.2, 0.25) is 5.95 Å². The first-order valence-electron chi connectivity index (χ1n) is 9.85. The molecule has 1 aromatic carbocycles. The minimum absolute atomic E-state index is 0.0512. The maximum absolute atomic E-state index is 12.6. The van der Waals surface area contributed by atoms with Crippen LogP contribution in [0.3, 0.4) is 0 Å². The van der Waals surface area contributed by atoms with E-state index in [1.54, 1.807) is 24.3 Å². The molecule has 0 unspecified atom stereocenters. The molecule has 1 fully saturated rings. The van der Waals surface area contributed by atoms with Crippen LogP contribution in [-0.2, 0) is 0 Å². The number of piperazine rings is 1. The average molecular weight is 383 g/mol. The summed E-state index contributed by atoms with van der Waals surface area (Å²) in [4.78, 5) is 27.7. The van der Waals surface area contributed by atoms with E-state index in [2.05, 4.69) is 32.8 Å². The second-order valence-corrected chi connectivity index (χ2v) is 6.97. The summed E-state index contributed by atoms with van der Waals surface area (Å²) in [7, 11) is 3.52. The summed E-state index contributed by atoms with van der Waals surface area (Å²) in [6.07, 6.45) is 3.73. The number of para-hydroxylation sites is 2. The predicted molar refractivity (Wildman–Crippen MR) is 111 cm³/mol. The molecule has 0 N–H and O–H groups in total. The molecule has 150 valence electrons. The molecule has 0 spiro atoms. The van der Waals surface area contributed by atoms with Gasteiger partial charge in [0, 0.05) is 46.0 Å². The highest BCUT2D eigenvalue weighted by atomic mass is 16.5. The number of unbranched alkanes of at least 4 members (excludes halogenated alkanes) is 1. The van der Waals surface area contributed by atoms with Crippen LogP contribution < -0.4 is 14.5 Å². The van der Waals surface area contributed by atoms with Crippen LogP contribution in [0.4, 0.5) is 11.6 Å². The highest BCUT2D eigenvalue weighted by molar-refractivity contribution is 5.92. The van der Waals surface area contributed by atoms with Crippen molar-refractivity contribution >= 4 is 17.5 Å². The summed E-state index contributed by atoms with van der Waals surface area (Å²) in [6.45, 7) is 6.14. The maximum atomic E-state index is 12.6. The monoisotopic (exact) mass is 383 g/mol. The van der Waals surface area contributed by atoms with Gasteiger partial charge < -0.3 is 19.4 Å². The van der Waals surface area contributed by atoms with E-state index in [0.29, 0.717) is 11.6 Å². The number of carbonyl (C=O) groups excluding carboxylic acids is 1. The largest absolute Gasteiger partial charge is 0.495 e. The molecule has 0 aliphatic carbocycles. The Morgan fingerprint density at radius 3 is 2.57 bits per heavy atom. The first-order valence-corrected chi connectivity index (χ1v) is 9.85. The molecule has 0 bridgehead atoms. The van der Waals surface area contributed by atoms with E-state index in [4.69, 9.17) is 4.74 Å². The van der Waals surface area contributed by atoms with E-state index in [1.165, 1.54) is 0 Å². The van der Waals surface area contributed by atoms with Crippen molar-refractivity contribution in [3.63, 3.8) is 0 Å². The molecule has 2 heterocycles. The van der Waals surface area contributed by atoms with Crippen LogP contribution in [0.25, 0.3) is 0 Å². The van der Waals surface area contributed by atoms with Gasteiger partial charge in [-0.25, -0.2) is 9.97 Å². The quantitative estimate of drug-likeness (QED) is 0.733. The summed E-state index contributed by atoms with van der Waals surface area (Å²) in [5.74, 6) is 1.45. The molecule has 3 rings (SSSR count). The summed E-state index contributed by atoms with van der Waals surface area (Å²) in [6, 6.07) is 9.76. The predicted octanol–water partition coefficient (Wildman–Crippen LogP) is 2.68. The number of hydrogen-bond donors (Lipinski definition) is 0. The number of amides is 1. The first kappa shape index (κ1) is 19.9. The molecule has 7 nitrogen and oxygen atoms in total. The highest BCUT2D eigenvalue weighted by Crippen LogP contribution is 2.28. The van der Waals surface area contributed by atoms with Gasteiger partial charge in [0.1, 0.15) is 11.4 Å². The zero-order valence-electron chi connectivity index (χ0n) is 17.0. The smallest absolute Gasteiger partial charge is 0.272 e. The number of rotatable bonds is 7. The number of benzene rings is 1. The number of hydrogen-bond acceptors (Lipinski definition) is 6.